The summed E-state index contributed by atoms with van der Waals surface area (Å²) in [4.78, 5) is 0. The number of methoxy groups -OCH3 is 2. The van der Waals surface area contributed by atoms with E-state index in [1.54, 1.807) is 7.11 Å². The number of hydrogen-bond donors (Lipinski definition) is 1. The van der Waals surface area contributed by atoms with Crippen LogP contribution in [0, 0.1) is 0 Å². The van der Waals surface area contributed by atoms with E-state index in [4.69, 9.17) is 15.2 Å². The molecule has 0 spiro atoms. The van der Waals surface area contributed by atoms with Crippen LogP contribution >= 0.6 is 15.9 Å². The van der Waals surface area contributed by atoms with Crippen LogP contribution in [0.5, 0.6) is 5.75 Å². The van der Waals surface area contributed by atoms with Crippen LogP contribution in [0.1, 0.15) is 18.4 Å². The van der Waals surface area contributed by atoms with Gasteiger partial charge in [-0.25, -0.2) is 4.39 Å². The first-order valence-corrected chi connectivity index (χ1v) is 7.04. The van der Waals surface area contributed by atoms with Gasteiger partial charge in [-0.2, -0.15) is 0 Å². The molecular weight excluding hydrogens is 313 g/mol. The smallest absolute Gasteiger partial charge is 0.138 e. The van der Waals surface area contributed by atoms with Gasteiger partial charge >= 0.3 is 0 Å². The summed E-state index contributed by atoms with van der Waals surface area (Å²) in [5.74, 6) is 0.738. The highest BCUT2D eigenvalue weighted by Gasteiger charge is 2.29. The predicted octanol–water partition coefficient (Wildman–Crippen LogP) is 3.09. The average Bonchev–Trinajstić information content (AvgIpc) is 2.37. The standard InChI is InChI=1S/C14H21BrFNO2/c1-18-10-14(16,6-3-7-17)9-11-4-5-13(19-2)12(15)8-11/h4-5,8H,3,6-7,9-10,17H2,1-2H3. The van der Waals surface area contributed by atoms with Gasteiger partial charge in [-0.05, 0) is 53.0 Å². The van der Waals surface area contributed by atoms with Crippen LogP contribution in [0.25, 0.3) is 0 Å². The number of ether oxygens (including phenoxy) is 2. The van der Waals surface area contributed by atoms with E-state index in [0.717, 1.165) is 15.8 Å². The second-order valence-corrected chi connectivity index (χ2v) is 5.48. The zero-order valence-corrected chi connectivity index (χ0v) is 13.0. The Balaban J connectivity index is 2.80. The third-order valence-corrected chi connectivity index (χ3v) is 3.59. The molecule has 19 heavy (non-hydrogen) atoms. The molecule has 1 atom stereocenters. The molecule has 1 aromatic rings. The molecule has 0 aliphatic rings. The highest BCUT2D eigenvalue weighted by molar-refractivity contribution is 9.10. The van der Waals surface area contributed by atoms with E-state index in [-0.39, 0.29) is 6.61 Å². The van der Waals surface area contributed by atoms with Crippen molar-refractivity contribution in [1.29, 1.82) is 0 Å². The number of alkyl halides is 1. The lowest BCUT2D eigenvalue weighted by molar-refractivity contribution is 0.0334. The molecule has 0 aliphatic heterocycles. The SMILES string of the molecule is COCC(F)(CCCN)Cc1ccc(OC)c(Br)c1. The van der Waals surface area contributed by atoms with E-state index >= 15 is 0 Å². The highest BCUT2D eigenvalue weighted by atomic mass is 79.9. The Morgan fingerprint density at radius 1 is 1.37 bits per heavy atom. The summed E-state index contributed by atoms with van der Waals surface area (Å²) in [5, 5.41) is 0. The molecule has 3 nitrogen and oxygen atoms in total. The van der Waals surface area contributed by atoms with Gasteiger partial charge in [0, 0.05) is 13.5 Å². The Morgan fingerprint density at radius 3 is 2.63 bits per heavy atom. The molecule has 0 fully saturated rings. The molecule has 108 valence electrons. The Kier molecular flexibility index (Phi) is 6.75. The van der Waals surface area contributed by atoms with Gasteiger partial charge in [0.2, 0.25) is 0 Å². The zero-order chi connectivity index (χ0) is 14.3. The summed E-state index contributed by atoms with van der Waals surface area (Å²) < 4.78 is 25.7. The number of nitrogens with two attached hydrogens (primary N) is 1. The van der Waals surface area contributed by atoms with Gasteiger partial charge in [-0.1, -0.05) is 6.07 Å². The van der Waals surface area contributed by atoms with Gasteiger partial charge in [0.1, 0.15) is 11.4 Å². The van der Waals surface area contributed by atoms with Crippen molar-refractivity contribution < 1.29 is 13.9 Å². The van der Waals surface area contributed by atoms with E-state index in [0.29, 0.717) is 25.8 Å². The molecule has 0 aliphatic carbocycles. The van der Waals surface area contributed by atoms with Crippen molar-refractivity contribution in [3.63, 3.8) is 0 Å². The summed E-state index contributed by atoms with van der Waals surface area (Å²) in [6.45, 7) is 0.568. The summed E-state index contributed by atoms with van der Waals surface area (Å²) in [7, 11) is 3.12. The van der Waals surface area contributed by atoms with Gasteiger partial charge in [0.25, 0.3) is 0 Å². The topological polar surface area (TPSA) is 44.5 Å². The summed E-state index contributed by atoms with van der Waals surface area (Å²) in [5.41, 5.74) is 4.99. The first-order chi connectivity index (χ1) is 9.04. The van der Waals surface area contributed by atoms with Crippen LogP contribution in [0.15, 0.2) is 22.7 Å². The second kappa shape index (κ2) is 7.82. The van der Waals surface area contributed by atoms with Crippen LogP contribution in [-0.2, 0) is 11.2 Å². The van der Waals surface area contributed by atoms with Crippen LogP contribution in [0.2, 0.25) is 0 Å². The summed E-state index contributed by atoms with van der Waals surface area (Å²) in [6.07, 6.45) is 1.36. The first-order valence-electron chi connectivity index (χ1n) is 6.25. The Bertz CT molecular complexity index is 403. The summed E-state index contributed by atoms with van der Waals surface area (Å²) >= 11 is 3.41. The minimum atomic E-state index is -1.37. The largest absolute Gasteiger partial charge is 0.496 e. The highest BCUT2D eigenvalue weighted by Crippen LogP contribution is 2.30. The molecule has 0 radical (unpaired) electrons. The fourth-order valence-electron chi connectivity index (χ4n) is 2.07. The molecule has 2 N–H and O–H groups in total. The van der Waals surface area contributed by atoms with Crippen LogP contribution < -0.4 is 10.5 Å². The molecule has 0 bridgehead atoms. The van der Waals surface area contributed by atoms with E-state index < -0.39 is 5.67 Å². The van der Waals surface area contributed by atoms with Gasteiger partial charge in [0.15, 0.2) is 0 Å². The third-order valence-electron chi connectivity index (χ3n) is 2.97. The lowest BCUT2D eigenvalue weighted by Crippen LogP contribution is -2.32. The average molecular weight is 334 g/mol. The van der Waals surface area contributed by atoms with E-state index in [1.165, 1.54) is 7.11 Å². The maximum Gasteiger partial charge on any atom is 0.138 e. The monoisotopic (exact) mass is 333 g/mol. The van der Waals surface area contributed by atoms with E-state index in [9.17, 15) is 4.39 Å². The predicted molar refractivity (Wildman–Crippen MR) is 78.4 cm³/mol. The molecule has 0 saturated carbocycles. The van der Waals surface area contributed by atoms with Crippen molar-refractivity contribution in [3.05, 3.63) is 28.2 Å². The fraction of sp³-hybridized carbons (Fsp3) is 0.571. The molecule has 1 unspecified atom stereocenters. The lowest BCUT2D eigenvalue weighted by Gasteiger charge is -2.24. The molecule has 1 rings (SSSR count). The van der Waals surface area contributed by atoms with Crippen molar-refractivity contribution in [2.45, 2.75) is 24.9 Å². The van der Waals surface area contributed by atoms with Crippen molar-refractivity contribution in [2.24, 2.45) is 5.73 Å². The van der Waals surface area contributed by atoms with Crippen molar-refractivity contribution in [2.75, 3.05) is 27.4 Å². The van der Waals surface area contributed by atoms with Crippen LogP contribution in [0.4, 0.5) is 4.39 Å². The number of benzene rings is 1. The van der Waals surface area contributed by atoms with Crippen molar-refractivity contribution in [3.8, 4) is 5.75 Å². The normalized spacial score (nSPS) is 14.2. The van der Waals surface area contributed by atoms with Crippen molar-refractivity contribution in [1.82, 2.24) is 0 Å². The van der Waals surface area contributed by atoms with Gasteiger partial charge in [-0.3, -0.25) is 0 Å². The molecule has 1 aromatic carbocycles. The quantitative estimate of drug-likeness (QED) is 0.795. The lowest BCUT2D eigenvalue weighted by atomic mass is 9.92. The number of rotatable bonds is 8. The molecule has 0 heterocycles. The number of halogens is 2. The Labute approximate surface area is 122 Å². The maximum absolute atomic E-state index is 14.8. The van der Waals surface area contributed by atoms with Crippen LogP contribution in [-0.4, -0.2) is 33.0 Å². The minimum Gasteiger partial charge on any atom is -0.496 e. The van der Waals surface area contributed by atoms with Crippen LogP contribution in [0.3, 0.4) is 0 Å². The van der Waals surface area contributed by atoms with E-state index in [2.05, 4.69) is 15.9 Å². The van der Waals surface area contributed by atoms with Gasteiger partial charge in [0.05, 0.1) is 18.2 Å². The molecule has 0 saturated heterocycles. The summed E-state index contributed by atoms with van der Waals surface area (Å²) in [6, 6.07) is 5.58. The van der Waals surface area contributed by atoms with E-state index in [1.807, 2.05) is 18.2 Å². The molecule has 0 aromatic heterocycles. The third kappa shape index (κ3) is 5.09. The Hall–Kier alpha value is -0.650. The zero-order valence-electron chi connectivity index (χ0n) is 11.4. The minimum absolute atomic E-state index is 0.0800. The molecule has 5 heteroatoms. The molecular formula is C14H21BrFNO2. The molecule has 0 amide bonds. The second-order valence-electron chi connectivity index (χ2n) is 4.62. The van der Waals surface area contributed by atoms with Gasteiger partial charge < -0.3 is 15.2 Å². The van der Waals surface area contributed by atoms with Crippen molar-refractivity contribution >= 4 is 15.9 Å². The fourth-order valence-corrected chi connectivity index (χ4v) is 2.66. The Morgan fingerprint density at radius 2 is 2.11 bits per heavy atom. The van der Waals surface area contributed by atoms with Gasteiger partial charge in [-0.15, -0.1) is 0 Å². The number of hydrogen-bond acceptors (Lipinski definition) is 3. The maximum atomic E-state index is 14.8. The first kappa shape index (κ1) is 16.4.